The van der Waals surface area contributed by atoms with E-state index >= 15 is 0 Å². The van der Waals surface area contributed by atoms with Crippen molar-refractivity contribution >= 4 is 5.97 Å². The van der Waals surface area contributed by atoms with Crippen molar-refractivity contribution in [1.29, 1.82) is 0 Å². The summed E-state index contributed by atoms with van der Waals surface area (Å²) in [7, 11) is 0. The van der Waals surface area contributed by atoms with E-state index in [1.165, 1.54) is 0 Å². The minimum Gasteiger partial charge on any atom is -0.463 e. The van der Waals surface area contributed by atoms with Crippen LogP contribution in [0, 0.1) is 5.92 Å². The molecule has 90 valence electrons. The van der Waals surface area contributed by atoms with Crippen molar-refractivity contribution in [2.45, 2.75) is 33.1 Å². The van der Waals surface area contributed by atoms with E-state index in [1.807, 2.05) is 6.92 Å². The number of hydrogen-bond donors (Lipinski definition) is 1. The highest BCUT2D eigenvalue weighted by Crippen LogP contribution is 2.09. The summed E-state index contributed by atoms with van der Waals surface area (Å²) in [6.45, 7) is 6.20. The normalized spacial score (nSPS) is 12.5. The highest BCUT2D eigenvalue weighted by atomic mass is 16.6. The smallest absolute Gasteiger partial charge is 0.305 e. The summed E-state index contributed by atoms with van der Waals surface area (Å²) in [4.78, 5) is 11.2. The number of carbonyl (C=O) groups excluding carboxylic acids is 1. The molecule has 0 saturated carbocycles. The summed E-state index contributed by atoms with van der Waals surface area (Å²) < 4.78 is 10.0. The van der Waals surface area contributed by atoms with Gasteiger partial charge in [0, 0.05) is 13.0 Å². The van der Waals surface area contributed by atoms with E-state index in [0.717, 1.165) is 12.8 Å². The van der Waals surface area contributed by atoms with Crippen molar-refractivity contribution in [3.63, 3.8) is 0 Å². The van der Waals surface area contributed by atoms with Crippen LogP contribution in [0.1, 0.15) is 33.1 Å². The van der Waals surface area contributed by atoms with Gasteiger partial charge >= 0.3 is 5.97 Å². The van der Waals surface area contributed by atoms with Gasteiger partial charge in [0.25, 0.3) is 0 Å². The van der Waals surface area contributed by atoms with Gasteiger partial charge in [-0.3, -0.25) is 4.79 Å². The first-order valence-electron chi connectivity index (χ1n) is 5.64. The van der Waals surface area contributed by atoms with Crippen molar-refractivity contribution in [3.05, 3.63) is 0 Å². The van der Waals surface area contributed by atoms with Crippen molar-refractivity contribution in [2.75, 3.05) is 26.4 Å². The SMILES string of the molecule is CCOCCOC(=O)CCC(C)CCN. The molecule has 15 heavy (non-hydrogen) atoms. The Labute approximate surface area is 92.1 Å². The van der Waals surface area contributed by atoms with Crippen LogP contribution < -0.4 is 5.73 Å². The Balaban J connectivity index is 3.32. The van der Waals surface area contributed by atoms with Gasteiger partial charge in [0.05, 0.1) is 6.61 Å². The Morgan fingerprint density at radius 2 is 2.07 bits per heavy atom. The van der Waals surface area contributed by atoms with Gasteiger partial charge in [-0.15, -0.1) is 0 Å². The molecule has 0 heterocycles. The first kappa shape index (κ1) is 14.4. The first-order valence-corrected chi connectivity index (χ1v) is 5.64. The molecule has 0 aliphatic heterocycles. The average molecular weight is 217 g/mol. The summed E-state index contributed by atoms with van der Waals surface area (Å²) in [6, 6.07) is 0. The first-order chi connectivity index (χ1) is 7.20. The monoisotopic (exact) mass is 217 g/mol. The molecular weight excluding hydrogens is 194 g/mol. The second-order valence-electron chi connectivity index (χ2n) is 3.64. The maximum Gasteiger partial charge on any atom is 0.305 e. The topological polar surface area (TPSA) is 61.5 Å². The molecule has 0 amide bonds. The van der Waals surface area contributed by atoms with E-state index < -0.39 is 0 Å². The largest absolute Gasteiger partial charge is 0.463 e. The minimum absolute atomic E-state index is 0.140. The molecule has 2 N–H and O–H groups in total. The number of nitrogens with two attached hydrogens (primary N) is 1. The van der Waals surface area contributed by atoms with Gasteiger partial charge in [-0.2, -0.15) is 0 Å². The molecule has 0 radical (unpaired) electrons. The standard InChI is InChI=1S/C11H23NO3/c1-3-14-8-9-15-11(13)5-4-10(2)6-7-12/h10H,3-9,12H2,1-2H3. The summed E-state index contributed by atoms with van der Waals surface area (Å²) in [6.07, 6.45) is 2.30. The van der Waals surface area contributed by atoms with Crippen LogP contribution in [0.2, 0.25) is 0 Å². The van der Waals surface area contributed by atoms with Crippen LogP contribution in [0.15, 0.2) is 0 Å². The Morgan fingerprint density at radius 1 is 1.33 bits per heavy atom. The van der Waals surface area contributed by atoms with Crippen LogP contribution in [0.5, 0.6) is 0 Å². The summed E-state index contributed by atoms with van der Waals surface area (Å²) in [5, 5.41) is 0. The van der Waals surface area contributed by atoms with Crippen molar-refractivity contribution in [2.24, 2.45) is 11.7 Å². The Morgan fingerprint density at radius 3 is 2.67 bits per heavy atom. The lowest BCUT2D eigenvalue weighted by Crippen LogP contribution is -2.12. The van der Waals surface area contributed by atoms with E-state index in [-0.39, 0.29) is 5.97 Å². The molecule has 4 nitrogen and oxygen atoms in total. The van der Waals surface area contributed by atoms with Crippen LogP contribution in [-0.2, 0) is 14.3 Å². The van der Waals surface area contributed by atoms with Gasteiger partial charge in [0.2, 0.25) is 0 Å². The lowest BCUT2D eigenvalue weighted by atomic mass is 10.0. The van der Waals surface area contributed by atoms with Gasteiger partial charge in [0.15, 0.2) is 0 Å². The number of esters is 1. The Kier molecular flexibility index (Phi) is 9.52. The molecule has 0 saturated heterocycles. The van der Waals surface area contributed by atoms with Gasteiger partial charge in [0.1, 0.15) is 6.61 Å². The van der Waals surface area contributed by atoms with Crippen molar-refractivity contribution in [1.82, 2.24) is 0 Å². The molecule has 0 aliphatic carbocycles. The highest BCUT2D eigenvalue weighted by Gasteiger charge is 2.06. The third-order valence-electron chi connectivity index (χ3n) is 2.20. The zero-order valence-corrected chi connectivity index (χ0v) is 9.83. The van der Waals surface area contributed by atoms with Crippen molar-refractivity contribution in [3.8, 4) is 0 Å². The number of carbonyl (C=O) groups is 1. The van der Waals surface area contributed by atoms with Gasteiger partial charge in [-0.05, 0) is 32.2 Å². The molecule has 0 fully saturated rings. The molecule has 0 spiro atoms. The fourth-order valence-corrected chi connectivity index (χ4v) is 1.22. The fourth-order valence-electron chi connectivity index (χ4n) is 1.22. The van der Waals surface area contributed by atoms with Crippen LogP contribution in [-0.4, -0.2) is 32.3 Å². The lowest BCUT2D eigenvalue weighted by Gasteiger charge is -2.09. The average Bonchev–Trinajstić information content (AvgIpc) is 2.22. The fraction of sp³-hybridized carbons (Fsp3) is 0.909. The maximum atomic E-state index is 11.2. The quantitative estimate of drug-likeness (QED) is 0.467. The molecule has 0 rings (SSSR count). The van der Waals surface area contributed by atoms with Crippen LogP contribution in [0.25, 0.3) is 0 Å². The van der Waals surface area contributed by atoms with Crippen LogP contribution >= 0.6 is 0 Å². The summed E-state index contributed by atoms with van der Waals surface area (Å²) in [5.74, 6) is 0.355. The Bertz CT molecular complexity index is 162. The Hall–Kier alpha value is -0.610. The number of rotatable bonds is 9. The third-order valence-corrected chi connectivity index (χ3v) is 2.20. The van der Waals surface area contributed by atoms with E-state index in [0.29, 0.717) is 38.7 Å². The van der Waals surface area contributed by atoms with Gasteiger partial charge < -0.3 is 15.2 Å². The molecule has 4 heteroatoms. The summed E-state index contributed by atoms with van der Waals surface area (Å²) >= 11 is 0. The van der Waals surface area contributed by atoms with E-state index in [9.17, 15) is 4.79 Å². The van der Waals surface area contributed by atoms with Gasteiger partial charge in [-0.1, -0.05) is 6.92 Å². The predicted molar refractivity (Wildman–Crippen MR) is 59.5 cm³/mol. The molecule has 1 unspecified atom stereocenters. The zero-order valence-electron chi connectivity index (χ0n) is 9.83. The molecule has 0 aromatic rings. The van der Waals surface area contributed by atoms with E-state index in [4.69, 9.17) is 15.2 Å². The van der Waals surface area contributed by atoms with Gasteiger partial charge in [-0.25, -0.2) is 0 Å². The van der Waals surface area contributed by atoms with E-state index in [2.05, 4.69) is 6.92 Å². The number of hydrogen-bond acceptors (Lipinski definition) is 4. The molecule has 0 aromatic carbocycles. The maximum absolute atomic E-state index is 11.2. The second-order valence-corrected chi connectivity index (χ2v) is 3.64. The molecule has 0 bridgehead atoms. The van der Waals surface area contributed by atoms with Crippen molar-refractivity contribution < 1.29 is 14.3 Å². The molecular formula is C11H23NO3. The van der Waals surface area contributed by atoms with Crippen LogP contribution in [0.3, 0.4) is 0 Å². The summed E-state index contributed by atoms with van der Waals surface area (Å²) in [5.41, 5.74) is 5.42. The zero-order chi connectivity index (χ0) is 11.5. The molecule has 0 aromatic heterocycles. The second kappa shape index (κ2) is 9.93. The predicted octanol–water partition coefficient (Wildman–Crippen LogP) is 1.33. The lowest BCUT2D eigenvalue weighted by molar-refractivity contribution is -0.145. The van der Waals surface area contributed by atoms with E-state index in [1.54, 1.807) is 0 Å². The third kappa shape index (κ3) is 9.69. The number of ether oxygens (including phenoxy) is 2. The van der Waals surface area contributed by atoms with Crippen LogP contribution in [0.4, 0.5) is 0 Å². The molecule has 0 aliphatic rings. The minimum atomic E-state index is -0.140. The molecule has 1 atom stereocenters. The highest BCUT2D eigenvalue weighted by molar-refractivity contribution is 5.69.